The summed E-state index contributed by atoms with van der Waals surface area (Å²) in [5, 5.41) is 5.54. The van der Waals surface area contributed by atoms with Crippen molar-refractivity contribution in [3.8, 4) is 0 Å². The smallest absolute Gasteiger partial charge is 0.242 e. The van der Waals surface area contributed by atoms with E-state index in [2.05, 4.69) is 10.6 Å². The molecule has 0 aliphatic rings. The molecule has 1 aromatic rings. The van der Waals surface area contributed by atoms with Gasteiger partial charge in [0.1, 0.15) is 11.9 Å². The largest absolute Gasteiger partial charge is 0.355 e. The number of nitrogens with zero attached hydrogens (tertiary/aromatic N) is 1. The van der Waals surface area contributed by atoms with Crippen molar-refractivity contribution in [2.24, 2.45) is 0 Å². The highest BCUT2D eigenvalue weighted by atomic mass is 35.5. The van der Waals surface area contributed by atoms with Crippen LogP contribution < -0.4 is 10.6 Å². The lowest BCUT2D eigenvalue weighted by Crippen LogP contribution is -2.47. The number of hydrogen-bond acceptors (Lipinski definition) is 3. The van der Waals surface area contributed by atoms with Gasteiger partial charge in [-0.05, 0) is 33.0 Å². The van der Waals surface area contributed by atoms with Gasteiger partial charge < -0.3 is 10.6 Å². The average Bonchev–Trinajstić information content (AvgIpc) is 2.43. The van der Waals surface area contributed by atoms with E-state index in [1.165, 1.54) is 12.1 Å². The van der Waals surface area contributed by atoms with Gasteiger partial charge in [-0.25, -0.2) is 4.39 Å². The monoisotopic (exact) mass is 329 g/mol. The number of likely N-dealkylation sites (N-methyl/N-ethyl adjacent to an activating group) is 2. The normalized spacial score (nSPS) is 12.1. The summed E-state index contributed by atoms with van der Waals surface area (Å²) >= 11 is 5.95. The van der Waals surface area contributed by atoms with Crippen LogP contribution in [0, 0.1) is 5.82 Å². The van der Waals surface area contributed by atoms with Crippen LogP contribution in [0.15, 0.2) is 18.2 Å². The fraction of sp³-hybridized carbons (Fsp3) is 0.467. The fourth-order valence-corrected chi connectivity index (χ4v) is 2.16. The van der Waals surface area contributed by atoms with Crippen LogP contribution in [0.25, 0.3) is 0 Å². The Morgan fingerprint density at radius 3 is 2.68 bits per heavy atom. The van der Waals surface area contributed by atoms with Gasteiger partial charge in [0.15, 0.2) is 0 Å². The Balaban J connectivity index is 2.53. The third kappa shape index (κ3) is 5.61. The van der Waals surface area contributed by atoms with Crippen LogP contribution in [0.4, 0.5) is 4.39 Å². The molecule has 122 valence electrons. The topological polar surface area (TPSA) is 61.4 Å². The van der Waals surface area contributed by atoms with Crippen molar-refractivity contribution in [1.82, 2.24) is 15.5 Å². The minimum Gasteiger partial charge on any atom is -0.355 e. The van der Waals surface area contributed by atoms with Crippen molar-refractivity contribution in [1.29, 1.82) is 0 Å². The molecule has 0 heterocycles. The summed E-state index contributed by atoms with van der Waals surface area (Å²) in [7, 11) is 1.68. The van der Waals surface area contributed by atoms with Crippen molar-refractivity contribution in [3.05, 3.63) is 34.6 Å². The molecule has 0 unspecified atom stereocenters. The zero-order chi connectivity index (χ0) is 16.7. The molecule has 7 heteroatoms. The third-order valence-electron chi connectivity index (χ3n) is 3.03. The number of benzene rings is 1. The maximum absolute atomic E-state index is 13.7. The van der Waals surface area contributed by atoms with Crippen LogP contribution in [0.3, 0.4) is 0 Å². The van der Waals surface area contributed by atoms with Gasteiger partial charge in [-0.15, -0.1) is 0 Å². The molecule has 2 N–H and O–H groups in total. The summed E-state index contributed by atoms with van der Waals surface area (Å²) in [5.41, 5.74) is 0.344. The highest BCUT2D eigenvalue weighted by Crippen LogP contribution is 2.20. The molecule has 0 aliphatic heterocycles. The first-order valence-electron chi connectivity index (χ1n) is 7.03. The minimum absolute atomic E-state index is 0.0361. The molecule has 0 bridgehead atoms. The maximum Gasteiger partial charge on any atom is 0.242 e. The van der Waals surface area contributed by atoms with E-state index in [9.17, 15) is 14.0 Å². The standard InChI is InChI=1S/C15H21ClFN3O2/c1-4-18-15(22)10(2)19-14(21)9-20(3)8-11-12(16)6-5-7-13(11)17/h5-7,10H,4,8-9H2,1-3H3,(H,18,22)(H,19,21)/t10-/m1/s1. The van der Waals surface area contributed by atoms with E-state index in [4.69, 9.17) is 11.6 Å². The summed E-state index contributed by atoms with van der Waals surface area (Å²) in [6.45, 7) is 4.16. The minimum atomic E-state index is -0.613. The highest BCUT2D eigenvalue weighted by molar-refractivity contribution is 6.31. The second-order valence-electron chi connectivity index (χ2n) is 5.06. The molecular formula is C15H21ClFN3O2. The van der Waals surface area contributed by atoms with Crippen LogP contribution in [0.5, 0.6) is 0 Å². The Morgan fingerprint density at radius 2 is 2.09 bits per heavy atom. The van der Waals surface area contributed by atoms with Crippen molar-refractivity contribution in [2.75, 3.05) is 20.1 Å². The summed E-state index contributed by atoms with van der Waals surface area (Å²) in [6.07, 6.45) is 0. The molecule has 0 radical (unpaired) electrons. The lowest BCUT2D eigenvalue weighted by Gasteiger charge is -2.19. The lowest BCUT2D eigenvalue weighted by atomic mass is 10.2. The third-order valence-corrected chi connectivity index (χ3v) is 3.38. The number of amides is 2. The number of hydrogen-bond donors (Lipinski definition) is 2. The van der Waals surface area contributed by atoms with Crippen LogP contribution in [-0.4, -0.2) is 42.9 Å². The van der Waals surface area contributed by atoms with Gasteiger partial charge in [-0.3, -0.25) is 14.5 Å². The number of nitrogens with one attached hydrogen (secondary N) is 2. The second kappa shape index (κ2) is 8.70. The van der Waals surface area contributed by atoms with E-state index in [1.54, 1.807) is 31.9 Å². The first kappa shape index (κ1) is 18.4. The van der Waals surface area contributed by atoms with Gasteiger partial charge in [0.25, 0.3) is 0 Å². The Morgan fingerprint density at radius 1 is 1.41 bits per heavy atom. The second-order valence-corrected chi connectivity index (χ2v) is 5.46. The molecule has 0 aromatic heterocycles. The zero-order valence-electron chi connectivity index (χ0n) is 13.0. The van der Waals surface area contributed by atoms with Crippen LogP contribution in [0.2, 0.25) is 5.02 Å². The molecule has 22 heavy (non-hydrogen) atoms. The number of rotatable bonds is 7. The maximum atomic E-state index is 13.7. The van der Waals surface area contributed by atoms with E-state index >= 15 is 0 Å². The van der Waals surface area contributed by atoms with Crippen LogP contribution in [-0.2, 0) is 16.1 Å². The predicted octanol–water partition coefficient (Wildman–Crippen LogP) is 1.55. The Labute approximate surface area is 134 Å². The molecule has 5 nitrogen and oxygen atoms in total. The Bertz CT molecular complexity index is 519. The van der Waals surface area contributed by atoms with E-state index in [-0.39, 0.29) is 24.9 Å². The van der Waals surface area contributed by atoms with E-state index < -0.39 is 11.9 Å². The van der Waals surface area contributed by atoms with Gasteiger partial charge >= 0.3 is 0 Å². The molecule has 0 fully saturated rings. The van der Waals surface area contributed by atoms with E-state index in [1.807, 2.05) is 0 Å². The van der Waals surface area contributed by atoms with Crippen LogP contribution >= 0.6 is 11.6 Å². The van der Waals surface area contributed by atoms with Crippen molar-refractivity contribution in [3.63, 3.8) is 0 Å². The number of carbonyl (C=O) groups is 2. The molecule has 0 saturated carbocycles. The van der Waals surface area contributed by atoms with E-state index in [0.29, 0.717) is 17.1 Å². The first-order chi connectivity index (χ1) is 10.3. The van der Waals surface area contributed by atoms with Crippen molar-refractivity contribution < 1.29 is 14.0 Å². The van der Waals surface area contributed by atoms with Crippen molar-refractivity contribution >= 4 is 23.4 Å². The summed E-state index contributed by atoms with van der Waals surface area (Å²) in [5.74, 6) is -0.959. The van der Waals surface area contributed by atoms with E-state index in [0.717, 1.165) is 0 Å². The zero-order valence-corrected chi connectivity index (χ0v) is 13.7. The highest BCUT2D eigenvalue weighted by Gasteiger charge is 2.17. The SMILES string of the molecule is CCNC(=O)[C@@H](C)NC(=O)CN(C)Cc1c(F)cccc1Cl. The van der Waals surface area contributed by atoms with Gasteiger partial charge in [0.2, 0.25) is 11.8 Å². The van der Waals surface area contributed by atoms with Crippen LogP contribution in [0.1, 0.15) is 19.4 Å². The Kier molecular flexibility index (Phi) is 7.27. The molecule has 2 amide bonds. The quantitative estimate of drug-likeness (QED) is 0.798. The van der Waals surface area contributed by atoms with Gasteiger partial charge in [0.05, 0.1) is 6.54 Å². The number of halogens is 2. The van der Waals surface area contributed by atoms with Crippen molar-refractivity contribution in [2.45, 2.75) is 26.4 Å². The molecular weight excluding hydrogens is 309 g/mol. The Hall–Kier alpha value is -1.66. The lowest BCUT2D eigenvalue weighted by molar-refractivity contribution is -0.129. The molecule has 0 saturated heterocycles. The van der Waals surface area contributed by atoms with Gasteiger partial charge in [-0.2, -0.15) is 0 Å². The first-order valence-corrected chi connectivity index (χ1v) is 7.41. The average molecular weight is 330 g/mol. The van der Waals surface area contributed by atoms with Gasteiger partial charge in [0, 0.05) is 23.7 Å². The molecule has 1 rings (SSSR count). The summed E-state index contributed by atoms with van der Waals surface area (Å²) < 4.78 is 13.7. The molecule has 0 aliphatic carbocycles. The van der Waals surface area contributed by atoms with Gasteiger partial charge in [-0.1, -0.05) is 17.7 Å². The molecule has 1 atom stereocenters. The predicted molar refractivity (Wildman–Crippen MR) is 84.0 cm³/mol. The molecule has 0 spiro atoms. The summed E-state index contributed by atoms with van der Waals surface area (Å²) in [6, 6.07) is 3.84. The molecule has 1 aromatic carbocycles. The summed E-state index contributed by atoms with van der Waals surface area (Å²) in [4.78, 5) is 25.0. The fourth-order valence-electron chi connectivity index (χ4n) is 1.93. The number of carbonyl (C=O) groups excluding carboxylic acids is 2.